The third-order valence-electron chi connectivity index (χ3n) is 2.03. The minimum Gasteiger partial charge on any atom is -0.481 e. The number of carboxylic acid groups (broad SMARTS) is 1. The molecule has 2 N–H and O–H groups in total. The van der Waals surface area contributed by atoms with Gasteiger partial charge in [0, 0.05) is 12.1 Å². The van der Waals surface area contributed by atoms with Crippen molar-refractivity contribution in [2.24, 2.45) is 0 Å². The average molecular weight is 252 g/mol. The van der Waals surface area contributed by atoms with Crippen LogP contribution >= 0.6 is 11.6 Å². The van der Waals surface area contributed by atoms with Crippen LogP contribution in [0.25, 0.3) is 0 Å². The summed E-state index contributed by atoms with van der Waals surface area (Å²) in [6.07, 6.45) is -2.34. The monoisotopic (exact) mass is 251 g/mol. The van der Waals surface area contributed by atoms with Crippen LogP contribution in [0.2, 0.25) is 0 Å². The largest absolute Gasteiger partial charge is 0.481 e. The van der Waals surface area contributed by atoms with Crippen molar-refractivity contribution in [3.63, 3.8) is 0 Å². The van der Waals surface area contributed by atoms with Crippen LogP contribution in [0.3, 0.4) is 0 Å². The maximum atomic E-state index is 12.6. The number of aromatic amines is 1. The minimum atomic E-state index is -2.98. The van der Waals surface area contributed by atoms with E-state index in [1.807, 2.05) is 0 Å². The standard InChI is InChI=1S/C9H8ClF2NO3/c10-2-5-4(1-6(14)15)3-13-9(16)7(5)8(11)12/h3,8H,1-2H2,(H,13,16)(H,14,15). The summed E-state index contributed by atoms with van der Waals surface area (Å²) in [5.74, 6) is -1.51. The summed E-state index contributed by atoms with van der Waals surface area (Å²) in [7, 11) is 0. The van der Waals surface area contributed by atoms with Gasteiger partial charge in [-0.05, 0) is 11.1 Å². The molecule has 0 unspecified atom stereocenters. The van der Waals surface area contributed by atoms with E-state index in [4.69, 9.17) is 16.7 Å². The Morgan fingerprint density at radius 2 is 2.19 bits per heavy atom. The predicted octanol–water partition coefficient (Wildman–Crippen LogP) is 1.68. The Morgan fingerprint density at radius 3 is 2.62 bits per heavy atom. The predicted molar refractivity (Wildman–Crippen MR) is 52.9 cm³/mol. The molecule has 0 fully saturated rings. The summed E-state index contributed by atoms with van der Waals surface area (Å²) in [5, 5.41) is 8.56. The van der Waals surface area contributed by atoms with E-state index in [-0.39, 0.29) is 17.0 Å². The molecule has 1 aromatic rings. The molecular formula is C9H8ClF2NO3. The van der Waals surface area contributed by atoms with Gasteiger partial charge in [-0.1, -0.05) is 0 Å². The lowest BCUT2D eigenvalue weighted by Gasteiger charge is -2.09. The molecule has 16 heavy (non-hydrogen) atoms. The van der Waals surface area contributed by atoms with Crippen LogP contribution in [0.15, 0.2) is 11.0 Å². The van der Waals surface area contributed by atoms with E-state index in [1.165, 1.54) is 0 Å². The zero-order chi connectivity index (χ0) is 12.3. The highest BCUT2D eigenvalue weighted by atomic mass is 35.5. The van der Waals surface area contributed by atoms with Gasteiger partial charge in [-0.2, -0.15) is 0 Å². The summed E-state index contributed by atoms with van der Waals surface area (Å²) in [6.45, 7) is 0. The second kappa shape index (κ2) is 5.07. The zero-order valence-corrected chi connectivity index (χ0v) is 8.72. The molecule has 0 saturated heterocycles. The van der Waals surface area contributed by atoms with Crippen molar-refractivity contribution in [2.45, 2.75) is 18.7 Å². The SMILES string of the molecule is O=C(O)Cc1c[nH]c(=O)c(C(F)F)c1CCl. The van der Waals surface area contributed by atoms with Gasteiger partial charge in [-0.25, -0.2) is 8.78 Å². The summed E-state index contributed by atoms with van der Waals surface area (Å²) >= 11 is 5.46. The molecule has 0 radical (unpaired) electrons. The van der Waals surface area contributed by atoms with Crippen molar-refractivity contribution in [1.29, 1.82) is 0 Å². The lowest BCUT2D eigenvalue weighted by atomic mass is 10.0. The highest BCUT2D eigenvalue weighted by Gasteiger charge is 2.20. The molecule has 0 amide bonds. The molecule has 0 atom stereocenters. The first-order chi connectivity index (χ1) is 7.47. The summed E-state index contributed by atoms with van der Waals surface area (Å²) in [6, 6.07) is 0. The molecule has 0 aromatic carbocycles. The van der Waals surface area contributed by atoms with E-state index < -0.39 is 29.9 Å². The molecule has 1 heterocycles. The second-order valence-corrected chi connectivity index (χ2v) is 3.31. The van der Waals surface area contributed by atoms with E-state index in [1.54, 1.807) is 0 Å². The first kappa shape index (κ1) is 12.6. The van der Waals surface area contributed by atoms with E-state index in [0.29, 0.717) is 0 Å². The Morgan fingerprint density at radius 1 is 1.56 bits per heavy atom. The molecule has 0 aliphatic heterocycles. The van der Waals surface area contributed by atoms with Crippen LogP contribution < -0.4 is 5.56 Å². The van der Waals surface area contributed by atoms with Gasteiger partial charge in [0.1, 0.15) is 0 Å². The van der Waals surface area contributed by atoms with Gasteiger partial charge in [0.15, 0.2) is 0 Å². The van der Waals surface area contributed by atoms with Crippen molar-refractivity contribution in [1.82, 2.24) is 4.98 Å². The van der Waals surface area contributed by atoms with Gasteiger partial charge in [-0.15, -0.1) is 11.6 Å². The fourth-order valence-electron chi connectivity index (χ4n) is 1.34. The Hall–Kier alpha value is -1.43. The number of nitrogens with one attached hydrogen (secondary N) is 1. The summed E-state index contributed by atoms with van der Waals surface area (Å²) in [5.41, 5.74) is -1.71. The molecule has 0 bridgehead atoms. The number of H-pyrrole nitrogens is 1. The number of aromatic nitrogens is 1. The van der Waals surface area contributed by atoms with Gasteiger partial charge in [0.05, 0.1) is 12.0 Å². The van der Waals surface area contributed by atoms with Crippen molar-refractivity contribution in [3.8, 4) is 0 Å². The third kappa shape index (κ3) is 2.57. The molecule has 4 nitrogen and oxygen atoms in total. The fourth-order valence-corrected chi connectivity index (χ4v) is 1.65. The van der Waals surface area contributed by atoms with E-state index in [9.17, 15) is 18.4 Å². The molecule has 1 aromatic heterocycles. The number of carbonyl (C=O) groups is 1. The van der Waals surface area contributed by atoms with E-state index >= 15 is 0 Å². The summed E-state index contributed by atoms with van der Waals surface area (Å²) < 4.78 is 25.1. The molecule has 0 spiro atoms. The van der Waals surface area contributed by atoms with Crippen LogP contribution in [0.1, 0.15) is 23.1 Å². The molecule has 7 heteroatoms. The van der Waals surface area contributed by atoms with Gasteiger partial charge in [-0.3, -0.25) is 9.59 Å². The normalized spacial score (nSPS) is 10.8. The van der Waals surface area contributed by atoms with Crippen molar-refractivity contribution >= 4 is 17.6 Å². The van der Waals surface area contributed by atoms with Gasteiger partial charge >= 0.3 is 5.97 Å². The fraction of sp³-hybridized carbons (Fsp3) is 0.333. The maximum absolute atomic E-state index is 12.6. The molecule has 1 rings (SSSR count). The number of aliphatic carboxylic acids is 1. The first-order valence-electron chi connectivity index (χ1n) is 4.26. The minimum absolute atomic E-state index is 0.0948. The van der Waals surface area contributed by atoms with Crippen LogP contribution in [-0.4, -0.2) is 16.1 Å². The number of pyridine rings is 1. The number of rotatable bonds is 4. The van der Waals surface area contributed by atoms with E-state index in [0.717, 1.165) is 6.20 Å². The number of hydrogen-bond acceptors (Lipinski definition) is 2. The van der Waals surface area contributed by atoms with Crippen LogP contribution in [0.5, 0.6) is 0 Å². The van der Waals surface area contributed by atoms with Crippen molar-refractivity contribution in [3.05, 3.63) is 33.2 Å². The van der Waals surface area contributed by atoms with Crippen LogP contribution in [0, 0.1) is 0 Å². The first-order valence-corrected chi connectivity index (χ1v) is 4.80. The third-order valence-corrected chi connectivity index (χ3v) is 2.30. The topological polar surface area (TPSA) is 70.2 Å². The lowest BCUT2D eigenvalue weighted by Crippen LogP contribution is -2.18. The summed E-state index contributed by atoms with van der Waals surface area (Å²) in [4.78, 5) is 23.7. The Balaban J connectivity index is 3.36. The lowest BCUT2D eigenvalue weighted by molar-refractivity contribution is -0.136. The molecule has 0 aliphatic rings. The molecule has 88 valence electrons. The van der Waals surface area contributed by atoms with Gasteiger partial charge in [0.25, 0.3) is 12.0 Å². The molecular weight excluding hydrogens is 244 g/mol. The van der Waals surface area contributed by atoms with E-state index in [2.05, 4.69) is 4.98 Å². The Kier molecular flexibility index (Phi) is 4.00. The zero-order valence-electron chi connectivity index (χ0n) is 7.97. The van der Waals surface area contributed by atoms with Crippen LogP contribution in [0.4, 0.5) is 8.78 Å². The average Bonchev–Trinajstić information content (AvgIpc) is 2.18. The maximum Gasteiger partial charge on any atom is 0.307 e. The highest BCUT2D eigenvalue weighted by Crippen LogP contribution is 2.23. The number of carboxylic acids is 1. The molecule has 0 aliphatic carbocycles. The Bertz CT molecular complexity index is 459. The van der Waals surface area contributed by atoms with Gasteiger partial charge < -0.3 is 10.1 Å². The quantitative estimate of drug-likeness (QED) is 0.800. The highest BCUT2D eigenvalue weighted by molar-refractivity contribution is 6.17. The number of halogens is 3. The van der Waals surface area contributed by atoms with Gasteiger partial charge in [0.2, 0.25) is 0 Å². The molecule has 0 saturated carbocycles. The van der Waals surface area contributed by atoms with Crippen LogP contribution in [-0.2, 0) is 17.1 Å². The van der Waals surface area contributed by atoms with Crippen molar-refractivity contribution < 1.29 is 18.7 Å². The van der Waals surface area contributed by atoms with Crippen molar-refractivity contribution in [2.75, 3.05) is 0 Å². The number of alkyl halides is 3. The second-order valence-electron chi connectivity index (χ2n) is 3.04. The Labute approximate surface area is 93.9 Å². The smallest absolute Gasteiger partial charge is 0.307 e. The number of hydrogen-bond donors (Lipinski definition) is 2.